The van der Waals surface area contributed by atoms with Crippen molar-refractivity contribution in [3.8, 4) is 0 Å². The highest BCUT2D eigenvalue weighted by Crippen LogP contribution is 2.45. The molecular weight excluding hydrogens is 1290 g/mol. The number of esters is 4. The van der Waals surface area contributed by atoms with Crippen LogP contribution >= 0.6 is 15.6 Å². The first-order valence-electron chi connectivity index (χ1n) is 41.5. The van der Waals surface area contributed by atoms with Gasteiger partial charge in [-0.05, 0) is 37.5 Å². The fraction of sp³-hybridized carbons (Fsp3) is 0.950. The minimum atomic E-state index is -4.96. The molecule has 0 bridgehead atoms. The predicted molar refractivity (Wildman–Crippen MR) is 405 cm³/mol. The number of unbranched alkanes of at least 4 members (excludes halogenated alkanes) is 49. The van der Waals surface area contributed by atoms with Crippen molar-refractivity contribution >= 4 is 39.5 Å². The Balaban J connectivity index is 5.25. The summed E-state index contributed by atoms with van der Waals surface area (Å²) in [5.41, 5.74) is 0. The molecule has 17 nitrogen and oxygen atoms in total. The zero-order chi connectivity index (χ0) is 72.8. The van der Waals surface area contributed by atoms with Crippen molar-refractivity contribution in [3.05, 3.63) is 0 Å². The van der Waals surface area contributed by atoms with E-state index in [2.05, 4.69) is 41.5 Å². The number of hydrogen-bond acceptors (Lipinski definition) is 15. The Labute approximate surface area is 607 Å². The highest BCUT2D eigenvalue weighted by Gasteiger charge is 2.30. The van der Waals surface area contributed by atoms with E-state index < -0.39 is 97.5 Å². The molecule has 0 heterocycles. The van der Waals surface area contributed by atoms with Crippen LogP contribution < -0.4 is 0 Å². The molecule has 0 aromatic rings. The first kappa shape index (κ1) is 97.1. The molecule has 0 rings (SSSR count). The standard InChI is InChI=1S/C80H156O17P2/c1-7-9-11-13-15-17-19-21-23-24-25-26-30-35-39-47-53-59-65-80(85)96-75(68-90-77(82)62-56-50-44-37-33-31-27-28-32-36-42-48-54-60-72(3)4)70-94-98(86,87)92-66-74(81)67-93-99(88,89)95-71-76(69-91-78(83)63-57-51-45-41-40-43-49-55-61-73(5)6)97-79(84)64-58-52-46-38-34-29-22-20-18-16-14-12-10-8-2/h72-76,81H,7-71H2,1-6H3,(H,86,87)(H,88,89)/t74-,75-,76-/m1/s1. The van der Waals surface area contributed by atoms with Gasteiger partial charge in [-0.25, -0.2) is 9.13 Å². The van der Waals surface area contributed by atoms with Crippen molar-refractivity contribution in [2.75, 3.05) is 39.6 Å². The van der Waals surface area contributed by atoms with Gasteiger partial charge in [0.1, 0.15) is 19.3 Å². The smallest absolute Gasteiger partial charge is 0.462 e. The molecule has 2 unspecified atom stereocenters. The molecule has 0 aromatic carbocycles. The monoisotopic (exact) mass is 1450 g/mol. The first-order valence-corrected chi connectivity index (χ1v) is 44.5. The summed E-state index contributed by atoms with van der Waals surface area (Å²) in [4.78, 5) is 73.0. The summed E-state index contributed by atoms with van der Waals surface area (Å²) in [6.07, 6.45) is 61.0. The SMILES string of the molecule is CCCCCCCCCCCCCCCCCCCCC(=O)O[C@H](COC(=O)CCCCCCCCCCCCCCCC(C)C)COP(=O)(O)OC[C@@H](O)COP(=O)(O)OC[C@@H](COC(=O)CCCCCCCCCCC(C)C)OC(=O)CCCCCCCCCCCCCCCC. The van der Waals surface area contributed by atoms with E-state index in [-0.39, 0.29) is 25.7 Å². The molecule has 0 amide bonds. The van der Waals surface area contributed by atoms with E-state index >= 15 is 0 Å². The fourth-order valence-electron chi connectivity index (χ4n) is 12.4. The molecule has 0 saturated carbocycles. The van der Waals surface area contributed by atoms with Crippen LogP contribution in [-0.4, -0.2) is 96.7 Å². The zero-order valence-corrected chi connectivity index (χ0v) is 66.6. The highest BCUT2D eigenvalue weighted by atomic mass is 31.2. The number of ether oxygens (including phenoxy) is 4. The molecule has 0 fully saturated rings. The zero-order valence-electron chi connectivity index (χ0n) is 64.8. The molecular formula is C80H156O17P2. The summed E-state index contributed by atoms with van der Waals surface area (Å²) in [5.74, 6) is -0.591. The summed E-state index contributed by atoms with van der Waals surface area (Å²) < 4.78 is 68.7. The van der Waals surface area contributed by atoms with E-state index in [1.54, 1.807) is 0 Å². The second kappa shape index (κ2) is 71.7. The Morgan fingerprint density at radius 1 is 0.273 bits per heavy atom. The fourth-order valence-corrected chi connectivity index (χ4v) is 13.9. The van der Waals surface area contributed by atoms with Gasteiger partial charge in [0, 0.05) is 25.7 Å². The maximum atomic E-state index is 13.1. The van der Waals surface area contributed by atoms with Crippen LogP contribution in [0, 0.1) is 11.8 Å². The second-order valence-corrected chi connectivity index (χ2v) is 32.7. The van der Waals surface area contributed by atoms with E-state index in [4.69, 9.17) is 37.0 Å². The van der Waals surface area contributed by atoms with E-state index in [1.165, 1.54) is 238 Å². The largest absolute Gasteiger partial charge is 0.472 e. The molecule has 0 aliphatic rings. The third kappa shape index (κ3) is 74.1. The molecule has 0 aliphatic heterocycles. The van der Waals surface area contributed by atoms with Crippen LogP contribution in [0.4, 0.5) is 0 Å². The van der Waals surface area contributed by atoms with E-state index in [1.807, 2.05) is 0 Å². The minimum absolute atomic E-state index is 0.108. The van der Waals surface area contributed by atoms with Gasteiger partial charge in [-0.3, -0.25) is 37.3 Å². The summed E-state index contributed by atoms with van der Waals surface area (Å²) >= 11 is 0. The maximum absolute atomic E-state index is 13.1. The number of phosphoric ester groups is 2. The molecule has 3 N–H and O–H groups in total. The topological polar surface area (TPSA) is 237 Å². The van der Waals surface area contributed by atoms with Crippen molar-refractivity contribution in [2.24, 2.45) is 11.8 Å². The third-order valence-corrected chi connectivity index (χ3v) is 20.6. The lowest BCUT2D eigenvalue weighted by Crippen LogP contribution is -2.30. The van der Waals surface area contributed by atoms with Gasteiger partial charge < -0.3 is 33.8 Å². The Hall–Kier alpha value is -1.94. The van der Waals surface area contributed by atoms with Gasteiger partial charge in [0.2, 0.25) is 0 Å². The van der Waals surface area contributed by atoms with E-state index in [0.29, 0.717) is 25.7 Å². The summed E-state index contributed by atoms with van der Waals surface area (Å²) in [7, 11) is -9.92. The Kier molecular flexibility index (Phi) is 70.3. The number of rotatable bonds is 79. The number of aliphatic hydroxyl groups is 1. The van der Waals surface area contributed by atoms with Crippen LogP contribution in [-0.2, 0) is 65.4 Å². The van der Waals surface area contributed by atoms with Crippen molar-refractivity contribution in [3.63, 3.8) is 0 Å². The molecule has 5 atom stereocenters. The summed E-state index contributed by atoms with van der Waals surface area (Å²) in [6, 6.07) is 0. The summed E-state index contributed by atoms with van der Waals surface area (Å²) in [6.45, 7) is 9.62. The average molecular weight is 1450 g/mol. The van der Waals surface area contributed by atoms with E-state index in [9.17, 15) is 43.2 Å². The van der Waals surface area contributed by atoms with Gasteiger partial charge in [0.05, 0.1) is 26.4 Å². The van der Waals surface area contributed by atoms with Crippen LogP contribution in [0.5, 0.6) is 0 Å². The van der Waals surface area contributed by atoms with Crippen molar-refractivity contribution < 1.29 is 80.2 Å². The lowest BCUT2D eigenvalue weighted by atomic mass is 10.0. The van der Waals surface area contributed by atoms with Crippen LogP contribution in [0.3, 0.4) is 0 Å². The van der Waals surface area contributed by atoms with Crippen LogP contribution in [0.2, 0.25) is 0 Å². The van der Waals surface area contributed by atoms with Gasteiger partial charge in [-0.1, -0.05) is 369 Å². The number of carbonyl (C=O) groups is 4. The normalized spacial score (nSPS) is 13.9. The van der Waals surface area contributed by atoms with Crippen molar-refractivity contribution in [2.45, 2.75) is 439 Å². The lowest BCUT2D eigenvalue weighted by Gasteiger charge is -2.21. The van der Waals surface area contributed by atoms with Crippen LogP contribution in [0.1, 0.15) is 420 Å². The third-order valence-electron chi connectivity index (χ3n) is 18.7. The number of carbonyl (C=O) groups excluding carboxylic acids is 4. The molecule has 0 aromatic heterocycles. The first-order chi connectivity index (χ1) is 47.9. The van der Waals surface area contributed by atoms with Gasteiger partial charge in [0.15, 0.2) is 12.2 Å². The molecule has 99 heavy (non-hydrogen) atoms. The van der Waals surface area contributed by atoms with Crippen molar-refractivity contribution in [1.29, 1.82) is 0 Å². The van der Waals surface area contributed by atoms with Crippen LogP contribution in [0.25, 0.3) is 0 Å². The Morgan fingerprint density at radius 3 is 0.687 bits per heavy atom. The van der Waals surface area contributed by atoms with Gasteiger partial charge in [0.25, 0.3) is 0 Å². The van der Waals surface area contributed by atoms with Gasteiger partial charge in [-0.15, -0.1) is 0 Å². The van der Waals surface area contributed by atoms with Crippen molar-refractivity contribution in [1.82, 2.24) is 0 Å². The molecule has 19 heteroatoms. The molecule has 0 spiro atoms. The average Bonchev–Trinajstić information content (AvgIpc) is 0.974. The quantitative estimate of drug-likeness (QED) is 0.0222. The maximum Gasteiger partial charge on any atom is 0.472 e. The summed E-state index contributed by atoms with van der Waals surface area (Å²) in [5, 5.41) is 10.6. The van der Waals surface area contributed by atoms with Gasteiger partial charge >= 0.3 is 39.5 Å². The van der Waals surface area contributed by atoms with Crippen LogP contribution in [0.15, 0.2) is 0 Å². The second-order valence-electron chi connectivity index (χ2n) is 29.8. The predicted octanol–water partition coefficient (Wildman–Crippen LogP) is 23.9. The minimum Gasteiger partial charge on any atom is -0.462 e. The van der Waals surface area contributed by atoms with Gasteiger partial charge in [-0.2, -0.15) is 0 Å². The molecule has 588 valence electrons. The Morgan fingerprint density at radius 2 is 0.465 bits per heavy atom. The number of aliphatic hydroxyl groups excluding tert-OH is 1. The Bertz CT molecular complexity index is 1910. The number of hydrogen-bond donors (Lipinski definition) is 3. The molecule has 0 aliphatic carbocycles. The number of phosphoric acid groups is 2. The van der Waals surface area contributed by atoms with E-state index in [0.717, 1.165) is 102 Å². The molecule has 0 saturated heterocycles. The molecule has 0 radical (unpaired) electrons. The lowest BCUT2D eigenvalue weighted by molar-refractivity contribution is -0.161. The highest BCUT2D eigenvalue weighted by molar-refractivity contribution is 7.47.